The monoisotopic (exact) mass is 283 g/mol. The number of aromatic nitrogens is 2. The van der Waals surface area contributed by atoms with Crippen LogP contribution in [0, 0.1) is 11.3 Å². The maximum atomic E-state index is 9.07. The molecule has 1 aromatic carbocycles. The second-order valence-corrected chi connectivity index (χ2v) is 4.26. The number of halogens is 2. The van der Waals surface area contributed by atoms with Crippen molar-refractivity contribution in [3.63, 3.8) is 0 Å². The van der Waals surface area contributed by atoms with Crippen LogP contribution in [-0.2, 0) is 6.54 Å². The van der Waals surface area contributed by atoms with E-state index in [9.17, 15) is 0 Å². The number of nitrogens with zero attached hydrogens (tertiary/aromatic N) is 3. The molecule has 0 radical (unpaired) electrons. The minimum Gasteiger partial charge on any atom is -0.254 e. The topological polar surface area (TPSA) is 41.6 Å². The lowest BCUT2D eigenvalue weighted by Gasteiger charge is -1.97. The largest absolute Gasteiger partial charge is 0.254 e. The Balaban J connectivity index is 2.93. The Morgan fingerprint density at radius 2 is 2.33 bits per heavy atom. The summed E-state index contributed by atoms with van der Waals surface area (Å²) in [6.07, 6.45) is 0. The lowest BCUT2D eigenvalue weighted by atomic mass is 10.2. The average molecular weight is 285 g/mol. The zero-order valence-corrected chi connectivity index (χ0v) is 10.3. The first-order valence-corrected chi connectivity index (χ1v) is 5.60. The molecule has 0 N–H and O–H groups in total. The first-order chi connectivity index (χ1) is 7.19. The van der Waals surface area contributed by atoms with Gasteiger partial charge in [0.05, 0.1) is 15.9 Å². The summed E-state index contributed by atoms with van der Waals surface area (Å²) >= 11 is 9.46. The molecular formula is C10H7BrClN3. The highest BCUT2D eigenvalue weighted by Crippen LogP contribution is 2.32. The van der Waals surface area contributed by atoms with Crippen molar-refractivity contribution < 1.29 is 0 Å². The number of nitriles is 1. The molecule has 0 unspecified atom stereocenters. The van der Waals surface area contributed by atoms with Gasteiger partial charge in [-0.25, -0.2) is 0 Å². The standard InChI is InChI=1S/C10H7BrClN3/c1-2-15-8(5-13)9-7(14-15)4-3-6(11)10(9)12/h3-4H,2H2,1H3. The quantitative estimate of drug-likeness (QED) is 0.806. The fraction of sp³-hybridized carbons (Fsp3) is 0.200. The predicted octanol–water partition coefficient (Wildman–Crippen LogP) is 3.34. The molecule has 0 fully saturated rings. The van der Waals surface area contributed by atoms with Crippen LogP contribution in [0.15, 0.2) is 16.6 Å². The second kappa shape index (κ2) is 3.84. The molecule has 0 bridgehead atoms. The zero-order valence-electron chi connectivity index (χ0n) is 7.96. The van der Waals surface area contributed by atoms with Crippen LogP contribution in [-0.4, -0.2) is 9.78 Å². The van der Waals surface area contributed by atoms with E-state index in [1.54, 1.807) is 4.68 Å². The number of hydrogen-bond donors (Lipinski definition) is 0. The van der Waals surface area contributed by atoms with Gasteiger partial charge in [-0.3, -0.25) is 4.68 Å². The zero-order chi connectivity index (χ0) is 11.0. The van der Waals surface area contributed by atoms with Crippen LogP contribution in [0.2, 0.25) is 5.02 Å². The minimum absolute atomic E-state index is 0.513. The van der Waals surface area contributed by atoms with Crippen LogP contribution in [0.5, 0.6) is 0 Å². The SMILES string of the molecule is CCn1nc2ccc(Br)c(Cl)c2c1C#N. The fourth-order valence-electron chi connectivity index (χ4n) is 1.50. The van der Waals surface area contributed by atoms with Gasteiger partial charge in [-0.2, -0.15) is 10.4 Å². The molecule has 76 valence electrons. The summed E-state index contributed by atoms with van der Waals surface area (Å²) in [4.78, 5) is 0. The number of fused-ring (bicyclic) bond motifs is 1. The summed E-state index contributed by atoms with van der Waals surface area (Å²) in [6.45, 7) is 2.60. The average Bonchev–Trinajstić information content (AvgIpc) is 2.61. The highest BCUT2D eigenvalue weighted by Gasteiger charge is 2.14. The van der Waals surface area contributed by atoms with E-state index in [2.05, 4.69) is 27.1 Å². The van der Waals surface area contributed by atoms with Crippen molar-refractivity contribution in [2.24, 2.45) is 0 Å². The lowest BCUT2D eigenvalue weighted by Crippen LogP contribution is -1.98. The molecule has 0 atom stereocenters. The Labute approximate surface area is 100 Å². The van der Waals surface area contributed by atoms with E-state index in [1.807, 2.05) is 19.1 Å². The van der Waals surface area contributed by atoms with Gasteiger partial charge in [0.15, 0.2) is 0 Å². The van der Waals surface area contributed by atoms with E-state index in [0.717, 1.165) is 15.4 Å². The molecule has 1 heterocycles. The van der Waals surface area contributed by atoms with E-state index in [1.165, 1.54) is 0 Å². The van der Waals surface area contributed by atoms with Gasteiger partial charge in [-0.15, -0.1) is 0 Å². The van der Waals surface area contributed by atoms with Crippen LogP contribution in [0.4, 0.5) is 0 Å². The van der Waals surface area contributed by atoms with Crippen molar-refractivity contribution in [3.05, 3.63) is 27.3 Å². The molecule has 0 amide bonds. The van der Waals surface area contributed by atoms with E-state index in [-0.39, 0.29) is 0 Å². The Bertz CT molecular complexity index is 568. The Hall–Kier alpha value is -1.05. The summed E-state index contributed by atoms with van der Waals surface area (Å²) in [7, 11) is 0. The minimum atomic E-state index is 0.513. The van der Waals surface area contributed by atoms with Crippen molar-refractivity contribution in [2.75, 3.05) is 0 Å². The summed E-state index contributed by atoms with van der Waals surface area (Å²) in [5.74, 6) is 0. The maximum absolute atomic E-state index is 9.07. The predicted molar refractivity (Wildman–Crippen MR) is 62.8 cm³/mol. The number of benzene rings is 1. The summed E-state index contributed by atoms with van der Waals surface area (Å²) in [5.41, 5.74) is 1.26. The molecule has 2 rings (SSSR count). The summed E-state index contributed by atoms with van der Waals surface area (Å²) in [5, 5.41) is 14.6. The van der Waals surface area contributed by atoms with Gasteiger partial charge >= 0.3 is 0 Å². The van der Waals surface area contributed by atoms with Gasteiger partial charge in [0.2, 0.25) is 0 Å². The molecule has 3 nitrogen and oxygen atoms in total. The molecule has 0 saturated carbocycles. The van der Waals surface area contributed by atoms with Crippen LogP contribution in [0.1, 0.15) is 12.6 Å². The van der Waals surface area contributed by atoms with E-state index >= 15 is 0 Å². The van der Waals surface area contributed by atoms with Gasteiger partial charge in [0.25, 0.3) is 0 Å². The smallest absolute Gasteiger partial charge is 0.147 e. The first-order valence-electron chi connectivity index (χ1n) is 4.43. The molecular weight excluding hydrogens is 277 g/mol. The highest BCUT2D eigenvalue weighted by atomic mass is 79.9. The first kappa shape index (κ1) is 10.5. The van der Waals surface area contributed by atoms with Crippen molar-refractivity contribution in [2.45, 2.75) is 13.5 Å². The van der Waals surface area contributed by atoms with Gasteiger partial charge in [0, 0.05) is 11.0 Å². The number of rotatable bonds is 1. The molecule has 0 aliphatic heterocycles. The number of hydrogen-bond acceptors (Lipinski definition) is 2. The Morgan fingerprint density at radius 1 is 1.60 bits per heavy atom. The fourth-order valence-corrected chi connectivity index (χ4v) is 2.08. The van der Waals surface area contributed by atoms with Crippen molar-refractivity contribution in [3.8, 4) is 6.07 Å². The van der Waals surface area contributed by atoms with Crippen molar-refractivity contribution in [1.29, 1.82) is 5.26 Å². The molecule has 0 aliphatic carbocycles. The molecule has 0 saturated heterocycles. The van der Waals surface area contributed by atoms with E-state index in [0.29, 0.717) is 17.3 Å². The lowest BCUT2D eigenvalue weighted by molar-refractivity contribution is 0.659. The highest BCUT2D eigenvalue weighted by molar-refractivity contribution is 9.10. The van der Waals surface area contributed by atoms with Crippen LogP contribution in [0.3, 0.4) is 0 Å². The van der Waals surface area contributed by atoms with E-state index in [4.69, 9.17) is 16.9 Å². The van der Waals surface area contributed by atoms with Crippen molar-refractivity contribution in [1.82, 2.24) is 9.78 Å². The molecule has 0 aliphatic rings. The van der Waals surface area contributed by atoms with Gasteiger partial charge < -0.3 is 0 Å². The molecule has 1 aromatic heterocycles. The van der Waals surface area contributed by atoms with Gasteiger partial charge in [-0.05, 0) is 35.0 Å². The molecule has 0 spiro atoms. The van der Waals surface area contributed by atoms with Crippen molar-refractivity contribution >= 4 is 38.4 Å². The third-order valence-corrected chi connectivity index (χ3v) is 3.48. The Morgan fingerprint density at radius 3 is 2.93 bits per heavy atom. The molecule has 2 aromatic rings. The maximum Gasteiger partial charge on any atom is 0.147 e. The third-order valence-electron chi connectivity index (χ3n) is 2.20. The van der Waals surface area contributed by atoms with Crippen LogP contribution >= 0.6 is 27.5 Å². The van der Waals surface area contributed by atoms with Crippen LogP contribution < -0.4 is 0 Å². The van der Waals surface area contributed by atoms with Crippen LogP contribution in [0.25, 0.3) is 10.9 Å². The third kappa shape index (κ3) is 1.52. The second-order valence-electron chi connectivity index (χ2n) is 3.03. The molecule has 5 heteroatoms. The van der Waals surface area contributed by atoms with E-state index < -0.39 is 0 Å². The number of aryl methyl sites for hydroxylation is 1. The Kier molecular flexibility index (Phi) is 2.68. The van der Waals surface area contributed by atoms with Gasteiger partial charge in [0.1, 0.15) is 11.8 Å². The van der Waals surface area contributed by atoms with Gasteiger partial charge in [-0.1, -0.05) is 11.6 Å². The molecule has 15 heavy (non-hydrogen) atoms. The summed E-state index contributed by atoms with van der Waals surface area (Å²) in [6, 6.07) is 5.81. The summed E-state index contributed by atoms with van der Waals surface area (Å²) < 4.78 is 2.44. The normalized spacial score (nSPS) is 10.5.